The molecule has 4 heteroatoms. The topological polar surface area (TPSA) is 41.1 Å². The van der Waals surface area contributed by atoms with E-state index in [1.807, 2.05) is 13.0 Å². The van der Waals surface area contributed by atoms with Crippen molar-refractivity contribution >= 4 is 23.4 Å². The van der Waals surface area contributed by atoms with Crippen LogP contribution in [0.1, 0.15) is 18.9 Å². The molecule has 96 valence electrons. The highest BCUT2D eigenvalue weighted by atomic mass is 32.2. The third kappa shape index (κ3) is 2.40. The average molecular weight is 262 g/mol. The Bertz CT molecular complexity index is 469. The summed E-state index contributed by atoms with van der Waals surface area (Å²) >= 11 is 1.66. The van der Waals surface area contributed by atoms with Gasteiger partial charge in [-0.1, -0.05) is 6.07 Å². The number of benzene rings is 1. The molecule has 1 aromatic rings. The maximum Gasteiger partial charge on any atom is 0.237 e. The highest BCUT2D eigenvalue weighted by Crippen LogP contribution is 2.36. The van der Waals surface area contributed by atoms with Crippen LogP contribution in [0.5, 0.6) is 0 Å². The van der Waals surface area contributed by atoms with Crippen LogP contribution >= 0.6 is 11.8 Å². The van der Waals surface area contributed by atoms with E-state index in [0.717, 1.165) is 31.1 Å². The molecule has 2 N–H and O–H groups in total. The zero-order chi connectivity index (χ0) is 12.5. The van der Waals surface area contributed by atoms with Gasteiger partial charge in [0.15, 0.2) is 0 Å². The first-order chi connectivity index (χ1) is 8.72. The lowest BCUT2D eigenvalue weighted by atomic mass is 9.98. The molecule has 2 aliphatic rings. The number of fused-ring (bicyclic) bond motifs is 1. The Labute approximate surface area is 112 Å². The SMILES string of the molecule is CC1Sc2cc(CC3CCNC3)ccc2NC1=O. The monoisotopic (exact) mass is 262 g/mol. The van der Waals surface area contributed by atoms with Crippen LogP contribution in [-0.4, -0.2) is 24.2 Å². The van der Waals surface area contributed by atoms with Crippen LogP contribution in [0.25, 0.3) is 0 Å². The first-order valence-electron chi connectivity index (χ1n) is 6.53. The summed E-state index contributed by atoms with van der Waals surface area (Å²) in [5.41, 5.74) is 2.36. The summed E-state index contributed by atoms with van der Waals surface area (Å²) in [5, 5.41) is 6.38. The fraction of sp³-hybridized carbons (Fsp3) is 0.500. The summed E-state index contributed by atoms with van der Waals surface area (Å²) in [7, 11) is 0. The molecular weight excluding hydrogens is 244 g/mol. The van der Waals surface area contributed by atoms with E-state index in [9.17, 15) is 4.79 Å². The maximum atomic E-state index is 11.6. The fourth-order valence-corrected chi connectivity index (χ4v) is 3.61. The molecule has 2 aliphatic heterocycles. The lowest BCUT2D eigenvalue weighted by Gasteiger charge is -2.22. The maximum absolute atomic E-state index is 11.6. The molecule has 0 saturated carbocycles. The van der Waals surface area contributed by atoms with E-state index in [2.05, 4.69) is 22.8 Å². The third-order valence-corrected chi connectivity index (χ3v) is 4.82. The predicted octanol–water partition coefficient (Wildman–Crippen LogP) is 2.27. The summed E-state index contributed by atoms with van der Waals surface area (Å²) in [6.07, 6.45) is 2.42. The molecule has 3 rings (SSSR count). The minimum absolute atomic E-state index is 0.0147. The van der Waals surface area contributed by atoms with Gasteiger partial charge in [0.2, 0.25) is 5.91 Å². The van der Waals surface area contributed by atoms with Crippen molar-refractivity contribution < 1.29 is 4.79 Å². The van der Waals surface area contributed by atoms with Gasteiger partial charge in [-0.05, 0) is 56.5 Å². The molecular formula is C14H18N2OS. The number of rotatable bonds is 2. The van der Waals surface area contributed by atoms with Crippen molar-refractivity contribution in [3.05, 3.63) is 23.8 Å². The van der Waals surface area contributed by atoms with E-state index in [-0.39, 0.29) is 11.2 Å². The Balaban J connectivity index is 1.78. The molecule has 0 spiro atoms. The van der Waals surface area contributed by atoms with Gasteiger partial charge in [0.05, 0.1) is 10.9 Å². The van der Waals surface area contributed by atoms with Gasteiger partial charge in [0, 0.05) is 4.90 Å². The molecule has 1 saturated heterocycles. The van der Waals surface area contributed by atoms with Crippen molar-refractivity contribution in [1.29, 1.82) is 0 Å². The Morgan fingerprint density at radius 3 is 3.11 bits per heavy atom. The molecule has 1 amide bonds. The molecule has 2 heterocycles. The standard InChI is InChI=1S/C14H18N2OS/c1-9-14(17)16-12-3-2-10(7-13(12)18-9)6-11-4-5-15-8-11/h2-3,7,9,11,15H,4-6,8H2,1H3,(H,16,17). The summed E-state index contributed by atoms with van der Waals surface area (Å²) in [5.74, 6) is 0.879. The van der Waals surface area contributed by atoms with Crippen LogP contribution in [-0.2, 0) is 11.2 Å². The summed E-state index contributed by atoms with van der Waals surface area (Å²) in [6, 6.07) is 6.44. The molecule has 1 fully saturated rings. The van der Waals surface area contributed by atoms with Crippen LogP contribution in [0, 0.1) is 5.92 Å². The number of nitrogens with one attached hydrogen (secondary N) is 2. The molecule has 3 nitrogen and oxygen atoms in total. The second kappa shape index (κ2) is 4.94. The number of hydrogen-bond acceptors (Lipinski definition) is 3. The highest BCUT2D eigenvalue weighted by Gasteiger charge is 2.23. The largest absolute Gasteiger partial charge is 0.324 e. The van der Waals surface area contributed by atoms with E-state index in [0.29, 0.717) is 0 Å². The van der Waals surface area contributed by atoms with Crippen LogP contribution in [0.3, 0.4) is 0 Å². The first-order valence-corrected chi connectivity index (χ1v) is 7.41. The molecule has 2 atom stereocenters. The van der Waals surface area contributed by atoms with Gasteiger partial charge in [-0.15, -0.1) is 11.8 Å². The molecule has 18 heavy (non-hydrogen) atoms. The molecule has 2 unspecified atom stereocenters. The van der Waals surface area contributed by atoms with Crippen molar-refractivity contribution in [1.82, 2.24) is 5.32 Å². The summed E-state index contributed by atoms with van der Waals surface area (Å²) in [4.78, 5) is 12.8. The molecule has 0 bridgehead atoms. The number of thioether (sulfide) groups is 1. The highest BCUT2D eigenvalue weighted by molar-refractivity contribution is 8.00. The lowest BCUT2D eigenvalue weighted by molar-refractivity contribution is -0.115. The van der Waals surface area contributed by atoms with E-state index in [1.54, 1.807) is 11.8 Å². The normalized spacial score (nSPS) is 26.8. The molecule has 0 aliphatic carbocycles. The zero-order valence-electron chi connectivity index (χ0n) is 10.5. The van der Waals surface area contributed by atoms with Crippen molar-refractivity contribution in [3.8, 4) is 0 Å². The first kappa shape index (κ1) is 12.1. The van der Waals surface area contributed by atoms with Crippen LogP contribution in [0.15, 0.2) is 23.1 Å². The summed E-state index contributed by atoms with van der Waals surface area (Å²) in [6.45, 7) is 4.24. The fourth-order valence-electron chi connectivity index (χ4n) is 2.59. The molecule has 0 radical (unpaired) electrons. The van der Waals surface area contributed by atoms with Gasteiger partial charge in [-0.2, -0.15) is 0 Å². The van der Waals surface area contributed by atoms with Gasteiger partial charge in [-0.3, -0.25) is 4.79 Å². The molecule has 1 aromatic carbocycles. The van der Waals surface area contributed by atoms with Crippen LogP contribution in [0.2, 0.25) is 0 Å². The Morgan fingerprint density at radius 2 is 2.33 bits per heavy atom. The van der Waals surface area contributed by atoms with Crippen LogP contribution < -0.4 is 10.6 Å². The van der Waals surface area contributed by atoms with E-state index < -0.39 is 0 Å². The second-order valence-electron chi connectivity index (χ2n) is 5.14. The number of amides is 1. The van der Waals surface area contributed by atoms with E-state index >= 15 is 0 Å². The average Bonchev–Trinajstić information content (AvgIpc) is 2.84. The third-order valence-electron chi connectivity index (χ3n) is 3.66. The quantitative estimate of drug-likeness (QED) is 0.859. The molecule has 0 aromatic heterocycles. The minimum atomic E-state index is 0.0147. The van der Waals surface area contributed by atoms with Crippen molar-refractivity contribution in [2.75, 3.05) is 18.4 Å². The van der Waals surface area contributed by atoms with E-state index in [1.165, 1.54) is 16.9 Å². The van der Waals surface area contributed by atoms with Crippen molar-refractivity contribution in [2.45, 2.75) is 29.9 Å². The van der Waals surface area contributed by atoms with Gasteiger partial charge < -0.3 is 10.6 Å². The minimum Gasteiger partial charge on any atom is -0.324 e. The lowest BCUT2D eigenvalue weighted by Crippen LogP contribution is -2.26. The predicted molar refractivity (Wildman–Crippen MR) is 75.1 cm³/mol. The number of carbonyl (C=O) groups is 1. The second-order valence-corrected chi connectivity index (χ2v) is 6.53. The van der Waals surface area contributed by atoms with Gasteiger partial charge in [-0.25, -0.2) is 0 Å². The van der Waals surface area contributed by atoms with Crippen LogP contribution in [0.4, 0.5) is 5.69 Å². The van der Waals surface area contributed by atoms with Crippen molar-refractivity contribution in [3.63, 3.8) is 0 Å². The zero-order valence-corrected chi connectivity index (χ0v) is 11.3. The number of hydrogen-bond donors (Lipinski definition) is 2. The van der Waals surface area contributed by atoms with Gasteiger partial charge >= 0.3 is 0 Å². The smallest absolute Gasteiger partial charge is 0.237 e. The Kier molecular flexibility index (Phi) is 3.31. The Hall–Kier alpha value is -1.00. The van der Waals surface area contributed by atoms with E-state index in [4.69, 9.17) is 0 Å². The van der Waals surface area contributed by atoms with Crippen molar-refractivity contribution in [2.24, 2.45) is 5.92 Å². The number of anilines is 1. The van der Waals surface area contributed by atoms with Gasteiger partial charge in [0.25, 0.3) is 0 Å². The number of carbonyl (C=O) groups excluding carboxylic acids is 1. The Morgan fingerprint density at radius 1 is 1.44 bits per heavy atom. The van der Waals surface area contributed by atoms with Gasteiger partial charge in [0.1, 0.15) is 0 Å². The summed E-state index contributed by atoms with van der Waals surface area (Å²) < 4.78 is 0.